The second kappa shape index (κ2) is 3.09. The largest absolute Gasteiger partial charge is 0.379 e. The van der Waals surface area contributed by atoms with Gasteiger partial charge in [-0.2, -0.15) is 0 Å². The lowest BCUT2D eigenvalue weighted by Crippen LogP contribution is -2.52. The molecule has 5 heteroatoms. The topological polar surface area (TPSA) is 21.3 Å². The summed E-state index contributed by atoms with van der Waals surface area (Å²) in [6.07, 6.45) is 0.399. The van der Waals surface area contributed by atoms with Crippen LogP contribution in [0.2, 0.25) is 0 Å². The molecule has 2 heterocycles. The van der Waals surface area contributed by atoms with E-state index in [0.717, 1.165) is 0 Å². The highest BCUT2D eigenvalue weighted by atomic mass is 35.5. The van der Waals surface area contributed by atoms with Gasteiger partial charge in [0.25, 0.3) is 5.92 Å². The van der Waals surface area contributed by atoms with Crippen LogP contribution in [-0.4, -0.2) is 31.2 Å². The predicted octanol–water partition coefficient (Wildman–Crippen LogP) is 1.20. The molecule has 0 radical (unpaired) electrons. The molecule has 1 spiro atoms. The molecule has 1 atom stereocenters. The molecule has 2 rings (SSSR count). The summed E-state index contributed by atoms with van der Waals surface area (Å²) in [4.78, 5) is 0. The highest BCUT2D eigenvalue weighted by Crippen LogP contribution is 2.41. The first kappa shape index (κ1) is 10.2. The van der Waals surface area contributed by atoms with Gasteiger partial charge in [-0.1, -0.05) is 0 Å². The number of hydrogen-bond donors (Lipinski definition) is 1. The highest BCUT2D eigenvalue weighted by molar-refractivity contribution is 5.85. The summed E-state index contributed by atoms with van der Waals surface area (Å²) in [5, 5.41) is 2.85. The Balaban J connectivity index is 0.000000720. The van der Waals surface area contributed by atoms with E-state index in [4.69, 9.17) is 4.74 Å². The molecule has 0 amide bonds. The molecule has 1 N–H and O–H groups in total. The molecule has 0 aromatic rings. The van der Waals surface area contributed by atoms with Gasteiger partial charge in [-0.3, -0.25) is 0 Å². The number of rotatable bonds is 0. The van der Waals surface area contributed by atoms with Crippen molar-refractivity contribution < 1.29 is 13.5 Å². The number of nitrogens with one attached hydrogen (secondary N) is 1. The molecule has 0 bridgehead atoms. The van der Waals surface area contributed by atoms with Crippen molar-refractivity contribution in [2.24, 2.45) is 0 Å². The van der Waals surface area contributed by atoms with E-state index in [0.29, 0.717) is 19.6 Å². The van der Waals surface area contributed by atoms with Crippen LogP contribution in [0.3, 0.4) is 0 Å². The van der Waals surface area contributed by atoms with Crippen LogP contribution in [0, 0.1) is 0 Å². The van der Waals surface area contributed by atoms with E-state index in [1.165, 1.54) is 0 Å². The van der Waals surface area contributed by atoms with Gasteiger partial charge in [-0.25, -0.2) is 8.78 Å². The lowest BCUT2D eigenvalue weighted by atomic mass is 9.93. The van der Waals surface area contributed by atoms with Gasteiger partial charge >= 0.3 is 0 Å². The van der Waals surface area contributed by atoms with Crippen molar-refractivity contribution in [3.63, 3.8) is 0 Å². The summed E-state index contributed by atoms with van der Waals surface area (Å²) in [6.45, 7) is 1.04. The number of ether oxygens (including phenoxy) is 1. The normalized spacial score (nSPS) is 38.5. The average molecular weight is 200 g/mol. The second-order valence-corrected chi connectivity index (χ2v) is 3.27. The van der Waals surface area contributed by atoms with Gasteiger partial charge in [-0.15, -0.1) is 12.4 Å². The Labute approximate surface area is 76.1 Å². The van der Waals surface area contributed by atoms with Crippen LogP contribution < -0.4 is 5.32 Å². The first-order chi connectivity index (χ1) is 5.16. The standard InChI is InChI=1S/C7H11F2NO.ClH/c8-7(9)1-3-10-6(7)2-4-11-5-6;/h10H,1-5H2;1H. The fraction of sp³-hybridized carbons (Fsp3) is 1.00. The highest BCUT2D eigenvalue weighted by Gasteiger charge is 2.58. The molecule has 0 aliphatic carbocycles. The van der Waals surface area contributed by atoms with E-state index in [1.54, 1.807) is 0 Å². The predicted molar refractivity (Wildman–Crippen MR) is 43.0 cm³/mol. The van der Waals surface area contributed by atoms with Gasteiger partial charge in [-0.05, 0) is 6.42 Å². The fourth-order valence-corrected chi connectivity index (χ4v) is 1.82. The third-order valence-corrected chi connectivity index (χ3v) is 2.62. The summed E-state index contributed by atoms with van der Waals surface area (Å²) >= 11 is 0. The fourth-order valence-electron chi connectivity index (χ4n) is 1.82. The summed E-state index contributed by atoms with van der Waals surface area (Å²) in [5.74, 6) is -2.57. The molecule has 2 saturated heterocycles. The minimum absolute atomic E-state index is 0. The summed E-state index contributed by atoms with van der Waals surface area (Å²) in [5.41, 5.74) is -1.02. The van der Waals surface area contributed by atoms with Crippen LogP contribution in [0.5, 0.6) is 0 Å². The molecule has 12 heavy (non-hydrogen) atoms. The van der Waals surface area contributed by atoms with Crippen molar-refractivity contribution in [2.75, 3.05) is 19.8 Å². The minimum atomic E-state index is -2.57. The number of halogens is 3. The number of alkyl halides is 2. The molecule has 0 saturated carbocycles. The molecule has 2 nitrogen and oxygen atoms in total. The summed E-state index contributed by atoms with van der Waals surface area (Å²) in [6, 6.07) is 0. The molecular formula is C7H12ClF2NO. The molecule has 0 aromatic carbocycles. The van der Waals surface area contributed by atoms with Crippen molar-refractivity contribution >= 4 is 12.4 Å². The van der Waals surface area contributed by atoms with Crippen molar-refractivity contribution in [3.8, 4) is 0 Å². The monoisotopic (exact) mass is 199 g/mol. The molecule has 2 fully saturated rings. The Morgan fingerprint density at radius 2 is 2.00 bits per heavy atom. The minimum Gasteiger partial charge on any atom is -0.379 e. The average Bonchev–Trinajstić information content (AvgIpc) is 2.45. The van der Waals surface area contributed by atoms with E-state index in [9.17, 15) is 8.78 Å². The SMILES string of the molecule is Cl.FC1(F)CCNC12CCOC2. The van der Waals surface area contributed by atoms with Gasteiger partial charge in [0.05, 0.1) is 6.61 Å². The third-order valence-electron chi connectivity index (χ3n) is 2.62. The van der Waals surface area contributed by atoms with Crippen molar-refractivity contribution in [1.29, 1.82) is 0 Å². The maximum Gasteiger partial charge on any atom is 0.269 e. The van der Waals surface area contributed by atoms with Gasteiger partial charge in [0.2, 0.25) is 0 Å². The Bertz CT molecular complexity index is 165. The molecule has 0 aromatic heterocycles. The van der Waals surface area contributed by atoms with E-state index in [-0.39, 0.29) is 25.4 Å². The first-order valence-electron chi connectivity index (χ1n) is 3.87. The van der Waals surface area contributed by atoms with Crippen molar-refractivity contribution in [1.82, 2.24) is 5.32 Å². The Morgan fingerprint density at radius 1 is 1.25 bits per heavy atom. The Hall–Kier alpha value is 0.0700. The van der Waals surface area contributed by atoms with E-state index in [2.05, 4.69) is 5.32 Å². The summed E-state index contributed by atoms with van der Waals surface area (Å²) in [7, 11) is 0. The van der Waals surface area contributed by atoms with Crippen LogP contribution in [0.4, 0.5) is 8.78 Å². The molecular weight excluding hydrogens is 188 g/mol. The van der Waals surface area contributed by atoms with Gasteiger partial charge in [0.1, 0.15) is 5.54 Å². The molecule has 1 unspecified atom stereocenters. The van der Waals surface area contributed by atoms with E-state index in [1.807, 2.05) is 0 Å². The molecule has 2 aliphatic heterocycles. The number of hydrogen-bond acceptors (Lipinski definition) is 2. The van der Waals surface area contributed by atoms with Crippen LogP contribution in [0.15, 0.2) is 0 Å². The van der Waals surface area contributed by atoms with Gasteiger partial charge in [0, 0.05) is 19.6 Å². The Morgan fingerprint density at radius 3 is 2.42 bits per heavy atom. The third kappa shape index (κ3) is 1.22. The van der Waals surface area contributed by atoms with Gasteiger partial charge in [0.15, 0.2) is 0 Å². The maximum atomic E-state index is 13.2. The Kier molecular flexibility index (Phi) is 2.61. The summed E-state index contributed by atoms with van der Waals surface area (Å²) < 4.78 is 31.3. The zero-order valence-electron chi connectivity index (χ0n) is 6.61. The lowest BCUT2D eigenvalue weighted by molar-refractivity contribution is -0.0620. The van der Waals surface area contributed by atoms with Crippen LogP contribution in [0.1, 0.15) is 12.8 Å². The lowest BCUT2D eigenvalue weighted by Gasteiger charge is -2.28. The maximum absolute atomic E-state index is 13.2. The van der Waals surface area contributed by atoms with E-state index >= 15 is 0 Å². The van der Waals surface area contributed by atoms with Crippen LogP contribution in [0.25, 0.3) is 0 Å². The van der Waals surface area contributed by atoms with Crippen LogP contribution in [-0.2, 0) is 4.74 Å². The zero-order chi connectivity index (χ0) is 7.95. The zero-order valence-corrected chi connectivity index (χ0v) is 7.42. The second-order valence-electron chi connectivity index (χ2n) is 3.27. The van der Waals surface area contributed by atoms with E-state index < -0.39 is 11.5 Å². The quantitative estimate of drug-likeness (QED) is 0.633. The van der Waals surface area contributed by atoms with Crippen molar-refractivity contribution in [2.45, 2.75) is 24.3 Å². The van der Waals surface area contributed by atoms with Crippen molar-refractivity contribution in [3.05, 3.63) is 0 Å². The van der Waals surface area contributed by atoms with Crippen LogP contribution >= 0.6 is 12.4 Å². The molecule has 72 valence electrons. The smallest absolute Gasteiger partial charge is 0.269 e. The molecule has 2 aliphatic rings. The van der Waals surface area contributed by atoms with Gasteiger partial charge < -0.3 is 10.1 Å². The first-order valence-corrected chi connectivity index (χ1v) is 3.87.